The zero-order valence-electron chi connectivity index (χ0n) is 16.4. The monoisotopic (exact) mass is 429 g/mol. The number of hydrogen-bond donors (Lipinski definition) is 0. The van der Waals surface area contributed by atoms with Crippen LogP contribution in [0.4, 0.5) is 4.39 Å². The number of fused-ring (bicyclic) bond motifs is 2. The summed E-state index contributed by atoms with van der Waals surface area (Å²) in [4.78, 5) is 14.9. The van der Waals surface area contributed by atoms with Gasteiger partial charge in [0, 0.05) is 23.7 Å². The quantitative estimate of drug-likeness (QED) is 0.684. The van der Waals surface area contributed by atoms with Gasteiger partial charge in [-0.05, 0) is 43.2 Å². The molecule has 0 amide bonds. The molecule has 3 aliphatic heterocycles. The first-order chi connectivity index (χ1) is 14.3. The summed E-state index contributed by atoms with van der Waals surface area (Å²) < 4.78 is 48.6. The van der Waals surface area contributed by atoms with Crippen molar-refractivity contribution in [2.45, 2.75) is 25.9 Å². The van der Waals surface area contributed by atoms with Crippen LogP contribution in [0, 0.1) is 12.7 Å². The first kappa shape index (κ1) is 19.3. The minimum Gasteiger partial charge on any atom is -0.477 e. The lowest BCUT2D eigenvalue weighted by Gasteiger charge is -2.33. The molecule has 3 aliphatic rings. The van der Waals surface area contributed by atoms with Gasteiger partial charge < -0.3 is 9.47 Å². The summed E-state index contributed by atoms with van der Waals surface area (Å²) in [7, 11) is -2.99. The number of benzene rings is 2. The number of carbonyl (C=O) groups excluding carboxylic acids is 1. The second-order valence-corrected chi connectivity index (χ2v) is 10.2. The first-order valence-electron chi connectivity index (χ1n) is 9.74. The number of hydrogen-bond acceptors (Lipinski definition) is 6. The number of carbonyl (C=O) groups is 1. The van der Waals surface area contributed by atoms with E-state index < -0.39 is 9.84 Å². The van der Waals surface area contributed by atoms with Crippen molar-refractivity contribution in [1.29, 1.82) is 0 Å². The van der Waals surface area contributed by atoms with Crippen LogP contribution in [0.2, 0.25) is 0 Å². The number of sulfone groups is 1. The van der Waals surface area contributed by atoms with Crippen LogP contribution in [0.5, 0.6) is 11.5 Å². The molecule has 0 saturated carbocycles. The summed E-state index contributed by atoms with van der Waals surface area (Å²) in [6.07, 6.45) is 2.19. The van der Waals surface area contributed by atoms with Gasteiger partial charge in [0.1, 0.15) is 24.0 Å². The standard InChI is InChI=1S/C22H20FNO5S/c1-13-21-15(10-24(12-28-21)17-6-7-30(26,27)11-17)9-18-20(25)19(29-22(13)18)8-14-2-4-16(23)5-3-14/h2-5,8-9,17H,6-7,10-12H2,1H3/t17-/m0/s1. The number of ketones is 1. The number of Topliss-reactive ketones (excluding diaryl/α,β-unsaturated/α-hetero) is 1. The van der Waals surface area contributed by atoms with Gasteiger partial charge in [-0.15, -0.1) is 0 Å². The molecule has 156 valence electrons. The third kappa shape index (κ3) is 3.30. The molecule has 0 bridgehead atoms. The van der Waals surface area contributed by atoms with E-state index in [1.165, 1.54) is 12.1 Å². The highest BCUT2D eigenvalue weighted by Gasteiger charge is 2.37. The smallest absolute Gasteiger partial charge is 0.231 e. The van der Waals surface area contributed by atoms with Crippen LogP contribution in [-0.4, -0.2) is 43.4 Å². The highest BCUT2D eigenvalue weighted by atomic mass is 32.2. The molecule has 2 aromatic carbocycles. The lowest BCUT2D eigenvalue weighted by Crippen LogP contribution is -2.41. The van der Waals surface area contributed by atoms with E-state index in [0.717, 1.165) is 11.1 Å². The Balaban J connectivity index is 1.44. The average Bonchev–Trinajstić information content (AvgIpc) is 3.23. The van der Waals surface area contributed by atoms with Gasteiger partial charge in [-0.25, -0.2) is 12.8 Å². The summed E-state index contributed by atoms with van der Waals surface area (Å²) in [6.45, 7) is 2.68. The topological polar surface area (TPSA) is 72.9 Å². The van der Waals surface area contributed by atoms with Crippen LogP contribution in [-0.2, 0) is 16.4 Å². The second kappa shape index (κ2) is 6.92. The van der Waals surface area contributed by atoms with Crippen LogP contribution in [0.3, 0.4) is 0 Å². The van der Waals surface area contributed by atoms with E-state index in [4.69, 9.17) is 9.47 Å². The molecule has 6 nitrogen and oxygen atoms in total. The molecular formula is C22H20FNO5S. The van der Waals surface area contributed by atoms with Gasteiger partial charge in [0.05, 0.1) is 17.1 Å². The van der Waals surface area contributed by atoms with E-state index in [0.29, 0.717) is 42.3 Å². The molecule has 1 fully saturated rings. The van der Waals surface area contributed by atoms with Gasteiger partial charge in [0.15, 0.2) is 15.6 Å². The van der Waals surface area contributed by atoms with Crippen molar-refractivity contribution in [3.8, 4) is 11.5 Å². The van der Waals surface area contributed by atoms with Crippen molar-refractivity contribution in [2.75, 3.05) is 18.2 Å². The maximum absolute atomic E-state index is 13.1. The van der Waals surface area contributed by atoms with Crippen LogP contribution in [0.15, 0.2) is 36.1 Å². The molecule has 0 unspecified atom stereocenters. The van der Waals surface area contributed by atoms with Gasteiger partial charge in [-0.2, -0.15) is 0 Å². The van der Waals surface area contributed by atoms with Gasteiger partial charge >= 0.3 is 0 Å². The number of ether oxygens (including phenoxy) is 2. The third-order valence-electron chi connectivity index (χ3n) is 5.86. The van der Waals surface area contributed by atoms with Crippen molar-refractivity contribution in [2.24, 2.45) is 0 Å². The van der Waals surface area contributed by atoms with Crippen LogP contribution >= 0.6 is 0 Å². The highest BCUT2D eigenvalue weighted by Crippen LogP contribution is 2.43. The summed E-state index contributed by atoms with van der Waals surface area (Å²) in [5, 5.41) is 0. The highest BCUT2D eigenvalue weighted by molar-refractivity contribution is 7.91. The SMILES string of the molecule is Cc1c2c(cc3c1OC(=Cc1ccc(F)cc1)C3=O)CN([C@H]1CCS(=O)(=O)C1)CO2. The fourth-order valence-electron chi connectivity index (χ4n) is 4.27. The van der Waals surface area contributed by atoms with E-state index in [1.54, 1.807) is 24.3 Å². The fourth-order valence-corrected chi connectivity index (χ4v) is 6.04. The number of rotatable bonds is 2. The Morgan fingerprint density at radius 2 is 1.97 bits per heavy atom. The Bertz CT molecular complexity index is 1190. The molecule has 0 aliphatic carbocycles. The minimum atomic E-state index is -2.99. The Kier molecular flexibility index (Phi) is 4.44. The molecule has 5 rings (SSSR count). The van der Waals surface area contributed by atoms with Crippen molar-refractivity contribution in [1.82, 2.24) is 4.90 Å². The second-order valence-electron chi connectivity index (χ2n) is 7.93. The molecule has 8 heteroatoms. The maximum atomic E-state index is 13.1. The summed E-state index contributed by atoms with van der Waals surface area (Å²) in [5.41, 5.74) is 2.72. The Morgan fingerprint density at radius 1 is 1.20 bits per heavy atom. The first-order valence-corrected chi connectivity index (χ1v) is 11.6. The average molecular weight is 429 g/mol. The minimum absolute atomic E-state index is 0.0717. The van der Waals surface area contributed by atoms with Crippen molar-refractivity contribution >= 4 is 21.7 Å². The molecule has 1 saturated heterocycles. The Labute approximate surface area is 173 Å². The molecule has 1 atom stereocenters. The zero-order chi connectivity index (χ0) is 21.0. The molecule has 3 heterocycles. The summed E-state index contributed by atoms with van der Waals surface area (Å²) in [5.74, 6) is 1.10. The van der Waals surface area contributed by atoms with E-state index in [2.05, 4.69) is 0 Å². The molecule has 0 spiro atoms. The number of halogens is 1. The molecule has 30 heavy (non-hydrogen) atoms. The van der Waals surface area contributed by atoms with Crippen LogP contribution in [0.1, 0.15) is 33.5 Å². The van der Waals surface area contributed by atoms with Gasteiger partial charge in [0.2, 0.25) is 5.78 Å². The largest absolute Gasteiger partial charge is 0.477 e. The van der Waals surface area contributed by atoms with Crippen molar-refractivity contribution in [3.63, 3.8) is 0 Å². The lowest BCUT2D eigenvalue weighted by molar-refractivity contribution is 0.0637. The van der Waals surface area contributed by atoms with Crippen LogP contribution in [0.25, 0.3) is 6.08 Å². The zero-order valence-corrected chi connectivity index (χ0v) is 17.2. The maximum Gasteiger partial charge on any atom is 0.231 e. The van der Waals surface area contributed by atoms with E-state index in [9.17, 15) is 17.6 Å². The molecule has 0 radical (unpaired) electrons. The third-order valence-corrected chi connectivity index (χ3v) is 7.61. The van der Waals surface area contributed by atoms with Crippen LogP contribution < -0.4 is 9.47 Å². The molecule has 0 N–H and O–H groups in total. The number of allylic oxidation sites excluding steroid dienone is 1. The van der Waals surface area contributed by atoms with Crippen molar-refractivity contribution < 1.29 is 27.1 Å². The van der Waals surface area contributed by atoms with Gasteiger partial charge in [-0.3, -0.25) is 9.69 Å². The predicted octanol–water partition coefficient (Wildman–Crippen LogP) is 3.09. The summed E-state index contributed by atoms with van der Waals surface area (Å²) in [6, 6.07) is 7.52. The fraction of sp³-hybridized carbons (Fsp3) is 0.318. The van der Waals surface area contributed by atoms with Gasteiger partial charge in [-0.1, -0.05) is 12.1 Å². The Morgan fingerprint density at radius 3 is 2.67 bits per heavy atom. The van der Waals surface area contributed by atoms with Gasteiger partial charge in [0.25, 0.3) is 0 Å². The lowest BCUT2D eigenvalue weighted by atomic mass is 9.99. The molecule has 0 aromatic heterocycles. The molecular weight excluding hydrogens is 409 g/mol. The molecule has 2 aromatic rings. The normalized spacial score (nSPS) is 23.7. The Hall–Kier alpha value is -2.71. The van der Waals surface area contributed by atoms with E-state index in [-0.39, 0.29) is 34.9 Å². The van der Waals surface area contributed by atoms with Crippen molar-refractivity contribution in [3.05, 3.63) is 64.2 Å². The van der Waals surface area contributed by atoms with E-state index >= 15 is 0 Å². The number of nitrogens with zero attached hydrogens (tertiary/aromatic N) is 1. The van der Waals surface area contributed by atoms with E-state index in [1.807, 2.05) is 11.8 Å². The predicted molar refractivity (Wildman–Crippen MR) is 109 cm³/mol. The summed E-state index contributed by atoms with van der Waals surface area (Å²) >= 11 is 0.